The molecule has 1 heterocycles. The predicted molar refractivity (Wildman–Crippen MR) is 67.8 cm³/mol. The topological polar surface area (TPSA) is 68.3 Å². The van der Waals surface area contributed by atoms with E-state index in [2.05, 4.69) is 19.2 Å². The Kier molecular flexibility index (Phi) is 5.22. The fourth-order valence-electron chi connectivity index (χ4n) is 1.96. The first-order valence-electron chi connectivity index (χ1n) is 6.18. The molecule has 1 rings (SSSR count). The van der Waals surface area contributed by atoms with Crippen LogP contribution in [0.15, 0.2) is 16.7 Å². The Morgan fingerprint density at radius 1 is 1.47 bits per heavy atom. The van der Waals surface area contributed by atoms with Crippen LogP contribution in [0.3, 0.4) is 0 Å². The van der Waals surface area contributed by atoms with Gasteiger partial charge in [0.25, 0.3) is 5.91 Å². The number of furan rings is 1. The number of nitrogens with one attached hydrogen (secondary N) is 1. The van der Waals surface area contributed by atoms with E-state index < -0.39 is 0 Å². The van der Waals surface area contributed by atoms with Crippen molar-refractivity contribution in [1.82, 2.24) is 5.32 Å². The maximum atomic E-state index is 11.8. The zero-order valence-corrected chi connectivity index (χ0v) is 10.8. The van der Waals surface area contributed by atoms with Crippen molar-refractivity contribution in [2.45, 2.75) is 39.7 Å². The fraction of sp³-hybridized carbons (Fsp3) is 0.615. The summed E-state index contributed by atoms with van der Waals surface area (Å²) in [4.78, 5) is 11.8. The molecule has 0 radical (unpaired) electrons. The minimum atomic E-state index is -0.186. The summed E-state index contributed by atoms with van der Waals surface area (Å²) >= 11 is 0. The van der Waals surface area contributed by atoms with Crippen molar-refractivity contribution in [2.75, 3.05) is 6.54 Å². The average molecular weight is 238 g/mol. The van der Waals surface area contributed by atoms with E-state index in [1.807, 2.05) is 6.92 Å². The number of carbonyl (C=O) groups excluding carboxylic acids is 1. The molecule has 0 aromatic carbocycles. The van der Waals surface area contributed by atoms with Gasteiger partial charge >= 0.3 is 0 Å². The molecule has 3 N–H and O–H groups in total. The summed E-state index contributed by atoms with van der Waals surface area (Å²) in [6.07, 6.45) is 3.59. The molecule has 0 saturated heterocycles. The van der Waals surface area contributed by atoms with E-state index in [4.69, 9.17) is 10.2 Å². The Morgan fingerprint density at radius 3 is 2.59 bits per heavy atom. The number of amides is 1. The molecule has 0 aliphatic carbocycles. The van der Waals surface area contributed by atoms with Gasteiger partial charge in [-0.3, -0.25) is 4.79 Å². The molecule has 1 atom stereocenters. The quantitative estimate of drug-likeness (QED) is 0.797. The highest BCUT2D eigenvalue weighted by atomic mass is 16.3. The third-order valence-electron chi connectivity index (χ3n) is 3.22. The minimum absolute atomic E-state index is 0.00391. The molecule has 4 heteroatoms. The highest BCUT2D eigenvalue weighted by Crippen LogP contribution is 2.11. The van der Waals surface area contributed by atoms with Crippen molar-refractivity contribution in [3.63, 3.8) is 0 Å². The van der Waals surface area contributed by atoms with E-state index >= 15 is 0 Å². The maximum Gasteiger partial charge on any atom is 0.287 e. The van der Waals surface area contributed by atoms with Crippen LogP contribution in [0.1, 0.15) is 42.8 Å². The van der Waals surface area contributed by atoms with Crippen LogP contribution < -0.4 is 11.1 Å². The lowest BCUT2D eigenvalue weighted by Crippen LogP contribution is -2.41. The van der Waals surface area contributed by atoms with Crippen LogP contribution in [0, 0.1) is 12.8 Å². The van der Waals surface area contributed by atoms with Gasteiger partial charge in [0, 0.05) is 18.2 Å². The largest absolute Gasteiger partial charge is 0.459 e. The minimum Gasteiger partial charge on any atom is -0.459 e. The summed E-state index contributed by atoms with van der Waals surface area (Å²) in [6.45, 7) is 6.57. The molecule has 96 valence electrons. The van der Waals surface area contributed by atoms with Gasteiger partial charge in [-0.25, -0.2) is 0 Å². The number of carbonyl (C=O) groups is 1. The molecule has 0 saturated carbocycles. The van der Waals surface area contributed by atoms with Crippen molar-refractivity contribution in [1.29, 1.82) is 0 Å². The summed E-state index contributed by atoms with van der Waals surface area (Å²) in [5, 5.41) is 2.82. The highest BCUT2D eigenvalue weighted by molar-refractivity contribution is 5.92. The standard InChI is InChI=1S/C13H22N2O2/c1-4-10(5-2)11(14)8-15-13(16)12-9(3)6-7-17-12/h6-7,10-11H,4-5,8,14H2,1-3H3,(H,15,16). The number of hydrogen-bond acceptors (Lipinski definition) is 3. The number of aryl methyl sites for hydroxylation is 1. The van der Waals surface area contributed by atoms with Gasteiger partial charge in [0.2, 0.25) is 0 Å². The van der Waals surface area contributed by atoms with Gasteiger partial charge in [-0.2, -0.15) is 0 Å². The van der Waals surface area contributed by atoms with Crippen molar-refractivity contribution in [2.24, 2.45) is 11.7 Å². The first-order chi connectivity index (χ1) is 8.10. The SMILES string of the molecule is CCC(CC)C(N)CNC(=O)c1occc1C. The number of rotatable bonds is 6. The van der Waals surface area contributed by atoms with E-state index in [-0.39, 0.29) is 11.9 Å². The first-order valence-corrected chi connectivity index (χ1v) is 6.18. The number of nitrogens with two attached hydrogens (primary N) is 1. The van der Waals surface area contributed by atoms with Crippen LogP contribution in [-0.4, -0.2) is 18.5 Å². The molecular formula is C13H22N2O2. The molecule has 17 heavy (non-hydrogen) atoms. The molecule has 0 aliphatic heterocycles. The molecule has 1 aromatic heterocycles. The Bertz CT molecular complexity index is 356. The third kappa shape index (κ3) is 3.60. The summed E-state index contributed by atoms with van der Waals surface area (Å²) in [5.74, 6) is 0.642. The molecule has 4 nitrogen and oxygen atoms in total. The Balaban J connectivity index is 2.46. The van der Waals surface area contributed by atoms with Gasteiger partial charge in [0.15, 0.2) is 5.76 Å². The maximum absolute atomic E-state index is 11.8. The zero-order valence-electron chi connectivity index (χ0n) is 10.8. The van der Waals surface area contributed by atoms with E-state index in [1.54, 1.807) is 6.07 Å². The van der Waals surface area contributed by atoms with E-state index in [1.165, 1.54) is 6.26 Å². The molecule has 0 bridgehead atoms. The second-order valence-electron chi connectivity index (χ2n) is 4.38. The fourth-order valence-corrected chi connectivity index (χ4v) is 1.96. The van der Waals surface area contributed by atoms with Crippen molar-refractivity contribution < 1.29 is 9.21 Å². The van der Waals surface area contributed by atoms with Gasteiger partial charge < -0.3 is 15.5 Å². The summed E-state index contributed by atoms with van der Waals surface area (Å²) in [5.41, 5.74) is 6.88. The lowest BCUT2D eigenvalue weighted by Gasteiger charge is -2.21. The van der Waals surface area contributed by atoms with Crippen LogP contribution in [0.5, 0.6) is 0 Å². The lowest BCUT2D eigenvalue weighted by atomic mass is 9.95. The monoisotopic (exact) mass is 238 g/mol. The normalized spacial score (nSPS) is 12.8. The highest BCUT2D eigenvalue weighted by Gasteiger charge is 2.17. The molecule has 0 fully saturated rings. The smallest absolute Gasteiger partial charge is 0.287 e. The second-order valence-corrected chi connectivity index (χ2v) is 4.38. The lowest BCUT2D eigenvalue weighted by molar-refractivity contribution is 0.0919. The van der Waals surface area contributed by atoms with Crippen LogP contribution in [0.4, 0.5) is 0 Å². The van der Waals surface area contributed by atoms with Crippen LogP contribution >= 0.6 is 0 Å². The van der Waals surface area contributed by atoms with Crippen molar-refractivity contribution >= 4 is 5.91 Å². The van der Waals surface area contributed by atoms with Gasteiger partial charge in [-0.15, -0.1) is 0 Å². The molecule has 1 aromatic rings. The third-order valence-corrected chi connectivity index (χ3v) is 3.22. The summed E-state index contributed by atoms with van der Waals surface area (Å²) < 4.78 is 5.12. The summed E-state index contributed by atoms with van der Waals surface area (Å²) in [7, 11) is 0. The van der Waals surface area contributed by atoms with Gasteiger partial charge in [-0.05, 0) is 18.9 Å². The molecule has 0 spiro atoms. The second kappa shape index (κ2) is 6.45. The van der Waals surface area contributed by atoms with Gasteiger partial charge in [0.1, 0.15) is 0 Å². The van der Waals surface area contributed by atoms with Crippen LogP contribution in [0.25, 0.3) is 0 Å². The van der Waals surface area contributed by atoms with E-state index in [9.17, 15) is 4.79 Å². The van der Waals surface area contributed by atoms with Gasteiger partial charge in [-0.1, -0.05) is 26.7 Å². The van der Waals surface area contributed by atoms with Crippen LogP contribution in [-0.2, 0) is 0 Å². The van der Waals surface area contributed by atoms with Crippen molar-refractivity contribution in [3.8, 4) is 0 Å². The Hall–Kier alpha value is -1.29. The Morgan fingerprint density at radius 2 is 2.12 bits per heavy atom. The average Bonchev–Trinajstić information content (AvgIpc) is 2.74. The molecule has 0 aliphatic rings. The van der Waals surface area contributed by atoms with Crippen LogP contribution in [0.2, 0.25) is 0 Å². The molecule has 1 amide bonds. The zero-order chi connectivity index (χ0) is 12.8. The number of hydrogen-bond donors (Lipinski definition) is 2. The van der Waals surface area contributed by atoms with Crippen molar-refractivity contribution in [3.05, 3.63) is 23.7 Å². The molecule has 1 unspecified atom stereocenters. The summed E-state index contributed by atoms with van der Waals surface area (Å²) in [6, 6.07) is 1.78. The van der Waals surface area contributed by atoms with Gasteiger partial charge in [0.05, 0.1) is 6.26 Å². The Labute approximate surface area is 103 Å². The predicted octanol–water partition coefficient (Wildman–Crippen LogP) is 2.08. The van der Waals surface area contributed by atoms with E-state index in [0.717, 1.165) is 18.4 Å². The molecular weight excluding hydrogens is 216 g/mol. The first kappa shape index (κ1) is 13.8. The van der Waals surface area contributed by atoms with E-state index in [0.29, 0.717) is 18.2 Å².